The largest absolute Gasteiger partial charge is 0.339 e. The smallest absolute Gasteiger partial charge is 0.269 e. The molecule has 1 aromatic heterocycles. The van der Waals surface area contributed by atoms with Gasteiger partial charge in [-0.15, -0.1) is 0 Å². The number of piperazine rings is 1. The number of carbonyl (C=O) groups excluding carboxylic acids is 1. The summed E-state index contributed by atoms with van der Waals surface area (Å²) in [6.45, 7) is 1.98. The number of nitrogens with zero attached hydrogens (tertiary/aromatic N) is 4. The van der Waals surface area contributed by atoms with Gasteiger partial charge in [0.15, 0.2) is 0 Å². The van der Waals surface area contributed by atoms with Crippen molar-refractivity contribution in [3.05, 3.63) is 74.6 Å². The lowest BCUT2D eigenvalue weighted by atomic mass is 10.1. The summed E-state index contributed by atoms with van der Waals surface area (Å²) in [5, 5.41) is 11.3. The van der Waals surface area contributed by atoms with Crippen molar-refractivity contribution in [3.8, 4) is 0 Å². The predicted molar refractivity (Wildman–Crippen MR) is 104 cm³/mol. The topological polar surface area (TPSA) is 112 Å². The van der Waals surface area contributed by atoms with E-state index in [1.165, 1.54) is 24.3 Å². The van der Waals surface area contributed by atoms with Crippen LogP contribution in [0.1, 0.15) is 10.4 Å². The third-order valence-corrected chi connectivity index (χ3v) is 4.79. The second-order valence-electron chi connectivity index (χ2n) is 6.49. The van der Waals surface area contributed by atoms with Crippen LogP contribution in [0.15, 0.2) is 53.3 Å². The molecule has 0 unspecified atom stereocenters. The van der Waals surface area contributed by atoms with E-state index in [-0.39, 0.29) is 17.2 Å². The van der Waals surface area contributed by atoms with E-state index in [0.717, 1.165) is 0 Å². The van der Waals surface area contributed by atoms with Crippen molar-refractivity contribution in [2.24, 2.45) is 0 Å². The van der Waals surface area contributed by atoms with Crippen molar-refractivity contribution < 1.29 is 9.72 Å². The molecule has 0 bridgehead atoms. The van der Waals surface area contributed by atoms with Crippen molar-refractivity contribution in [3.63, 3.8) is 0 Å². The summed E-state index contributed by atoms with van der Waals surface area (Å²) in [7, 11) is 0. The molecular weight excluding hydrogens is 362 g/mol. The van der Waals surface area contributed by atoms with Crippen LogP contribution in [0.2, 0.25) is 0 Å². The number of H-pyrrole nitrogens is 1. The number of rotatable bonds is 3. The summed E-state index contributed by atoms with van der Waals surface area (Å²) < 4.78 is 0. The number of nitrogens with one attached hydrogen (secondary N) is 1. The van der Waals surface area contributed by atoms with Gasteiger partial charge in [0.05, 0.1) is 15.8 Å². The molecule has 2 heterocycles. The maximum atomic E-state index is 12.6. The Balaban J connectivity index is 1.46. The average molecular weight is 379 g/mol. The number of amides is 1. The van der Waals surface area contributed by atoms with Gasteiger partial charge in [0, 0.05) is 43.9 Å². The molecule has 0 atom stereocenters. The molecule has 0 radical (unpaired) electrons. The van der Waals surface area contributed by atoms with Gasteiger partial charge in [-0.2, -0.15) is 0 Å². The Morgan fingerprint density at radius 2 is 1.71 bits per heavy atom. The molecule has 1 fully saturated rings. The highest BCUT2D eigenvalue weighted by molar-refractivity contribution is 5.94. The number of hydrogen-bond acceptors (Lipinski definition) is 6. The molecular formula is C19H17N5O4. The number of nitro benzene ring substituents is 1. The molecule has 9 heteroatoms. The van der Waals surface area contributed by atoms with Crippen LogP contribution in [0.3, 0.4) is 0 Å². The molecule has 0 saturated carbocycles. The fraction of sp³-hybridized carbons (Fsp3) is 0.211. The minimum absolute atomic E-state index is 0.0484. The lowest BCUT2D eigenvalue weighted by Gasteiger charge is -2.35. The standard InChI is InChI=1S/C19H17N5O4/c25-17-15-3-1-2-4-16(15)20-19(21-17)23-11-9-22(10-12-23)18(26)13-5-7-14(8-6-13)24(27)28/h1-8H,9-12H2,(H,20,21,25). The molecule has 9 nitrogen and oxygen atoms in total. The molecule has 3 aromatic rings. The van der Waals surface area contributed by atoms with Gasteiger partial charge in [0.2, 0.25) is 5.95 Å². The van der Waals surface area contributed by atoms with E-state index >= 15 is 0 Å². The first-order chi connectivity index (χ1) is 13.5. The highest BCUT2D eigenvalue weighted by atomic mass is 16.6. The molecule has 1 amide bonds. The van der Waals surface area contributed by atoms with Gasteiger partial charge < -0.3 is 9.80 Å². The monoisotopic (exact) mass is 379 g/mol. The maximum Gasteiger partial charge on any atom is 0.269 e. The molecule has 142 valence electrons. The van der Waals surface area contributed by atoms with Crippen LogP contribution < -0.4 is 10.5 Å². The Morgan fingerprint density at radius 3 is 2.39 bits per heavy atom. The van der Waals surface area contributed by atoms with E-state index in [9.17, 15) is 19.7 Å². The van der Waals surface area contributed by atoms with Gasteiger partial charge in [-0.1, -0.05) is 12.1 Å². The highest BCUT2D eigenvalue weighted by Crippen LogP contribution is 2.17. The number of aromatic amines is 1. The Kier molecular flexibility index (Phi) is 4.48. The van der Waals surface area contributed by atoms with Crippen molar-refractivity contribution >= 4 is 28.4 Å². The van der Waals surface area contributed by atoms with E-state index in [4.69, 9.17) is 0 Å². The number of nitro groups is 1. The van der Waals surface area contributed by atoms with Gasteiger partial charge >= 0.3 is 0 Å². The molecule has 0 spiro atoms. The van der Waals surface area contributed by atoms with Gasteiger partial charge in [-0.25, -0.2) is 4.98 Å². The first kappa shape index (κ1) is 17.7. The highest BCUT2D eigenvalue weighted by Gasteiger charge is 2.24. The van der Waals surface area contributed by atoms with Crippen LogP contribution in [0, 0.1) is 10.1 Å². The van der Waals surface area contributed by atoms with E-state index < -0.39 is 4.92 Å². The third-order valence-electron chi connectivity index (χ3n) is 4.79. The van der Waals surface area contributed by atoms with Crippen LogP contribution in [-0.2, 0) is 0 Å². The van der Waals surface area contributed by atoms with Gasteiger partial charge in [-0.3, -0.25) is 24.7 Å². The minimum atomic E-state index is -0.496. The van der Waals surface area contributed by atoms with Crippen LogP contribution in [0.5, 0.6) is 0 Å². The summed E-state index contributed by atoms with van der Waals surface area (Å²) in [6, 6.07) is 12.7. The zero-order chi connectivity index (χ0) is 19.7. The van der Waals surface area contributed by atoms with E-state index in [0.29, 0.717) is 48.6 Å². The average Bonchev–Trinajstić information content (AvgIpc) is 2.73. The zero-order valence-electron chi connectivity index (χ0n) is 14.9. The minimum Gasteiger partial charge on any atom is -0.339 e. The van der Waals surface area contributed by atoms with Crippen LogP contribution in [0.4, 0.5) is 11.6 Å². The first-order valence-electron chi connectivity index (χ1n) is 8.81. The van der Waals surface area contributed by atoms with Crippen molar-refractivity contribution in [1.29, 1.82) is 0 Å². The molecule has 28 heavy (non-hydrogen) atoms. The Bertz CT molecular complexity index is 1100. The normalized spacial score (nSPS) is 14.3. The summed E-state index contributed by atoms with van der Waals surface area (Å²) in [5.74, 6) is 0.320. The molecule has 2 aromatic carbocycles. The number of hydrogen-bond donors (Lipinski definition) is 1. The summed E-state index contributed by atoms with van der Waals surface area (Å²) in [5.41, 5.74) is 0.805. The lowest BCUT2D eigenvalue weighted by Crippen LogP contribution is -2.49. The van der Waals surface area contributed by atoms with Crippen LogP contribution in [0.25, 0.3) is 10.9 Å². The summed E-state index contributed by atoms with van der Waals surface area (Å²) >= 11 is 0. The molecule has 1 N–H and O–H groups in total. The molecule has 4 rings (SSSR count). The van der Waals surface area contributed by atoms with E-state index in [1.807, 2.05) is 11.0 Å². The second-order valence-corrected chi connectivity index (χ2v) is 6.49. The van der Waals surface area contributed by atoms with E-state index in [2.05, 4.69) is 9.97 Å². The Hall–Kier alpha value is -3.75. The molecule has 1 saturated heterocycles. The first-order valence-corrected chi connectivity index (χ1v) is 8.81. The molecule has 1 aliphatic rings. The molecule has 1 aliphatic heterocycles. The number of aromatic nitrogens is 2. The lowest BCUT2D eigenvalue weighted by molar-refractivity contribution is -0.384. The van der Waals surface area contributed by atoms with Crippen molar-refractivity contribution in [2.75, 3.05) is 31.1 Å². The fourth-order valence-electron chi connectivity index (χ4n) is 3.25. The number of anilines is 1. The fourth-order valence-corrected chi connectivity index (χ4v) is 3.25. The number of fused-ring (bicyclic) bond motifs is 1. The van der Waals surface area contributed by atoms with Crippen LogP contribution >= 0.6 is 0 Å². The van der Waals surface area contributed by atoms with Gasteiger partial charge in [0.25, 0.3) is 17.2 Å². The Labute approximate surface area is 159 Å². The van der Waals surface area contributed by atoms with Crippen LogP contribution in [-0.4, -0.2) is 51.9 Å². The van der Waals surface area contributed by atoms with Gasteiger partial charge in [0.1, 0.15) is 0 Å². The second kappa shape index (κ2) is 7.10. The van der Waals surface area contributed by atoms with Crippen molar-refractivity contribution in [2.45, 2.75) is 0 Å². The summed E-state index contributed by atoms with van der Waals surface area (Å²) in [6.07, 6.45) is 0. The summed E-state index contributed by atoms with van der Waals surface area (Å²) in [4.78, 5) is 46.0. The van der Waals surface area contributed by atoms with E-state index in [1.54, 1.807) is 23.1 Å². The zero-order valence-corrected chi connectivity index (χ0v) is 14.9. The Morgan fingerprint density at radius 1 is 1.04 bits per heavy atom. The third kappa shape index (κ3) is 3.29. The quantitative estimate of drug-likeness (QED) is 0.548. The number of para-hydroxylation sites is 1. The number of non-ortho nitro benzene ring substituents is 1. The number of carbonyl (C=O) groups is 1. The van der Waals surface area contributed by atoms with Gasteiger partial charge in [-0.05, 0) is 24.3 Å². The predicted octanol–water partition coefficient (Wildman–Crippen LogP) is 1.79. The maximum absolute atomic E-state index is 12.6. The number of benzene rings is 2. The SMILES string of the molecule is O=C(c1ccc([N+](=O)[O-])cc1)N1CCN(c2nc3ccccc3c(=O)[nH]2)CC1. The van der Waals surface area contributed by atoms with Crippen molar-refractivity contribution in [1.82, 2.24) is 14.9 Å². The molecule has 0 aliphatic carbocycles.